The molecule has 0 fully saturated rings. The summed E-state index contributed by atoms with van der Waals surface area (Å²) in [6, 6.07) is 17.4. The molecule has 0 saturated heterocycles. The minimum atomic E-state index is -4.52. The van der Waals surface area contributed by atoms with E-state index in [4.69, 9.17) is 0 Å². The minimum absolute atomic E-state index is 0.0452. The van der Waals surface area contributed by atoms with E-state index in [2.05, 4.69) is 4.99 Å². The van der Waals surface area contributed by atoms with Crippen molar-refractivity contribution in [2.24, 2.45) is 4.99 Å². The molecule has 4 rings (SSSR count). The number of halogens is 3. The zero-order valence-corrected chi connectivity index (χ0v) is 19.1. The van der Waals surface area contributed by atoms with Gasteiger partial charge in [0.1, 0.15) is 5.84 Å². The lowest BCUT2D eigenvalue weighted by atomic mass is 10.1. The maximum Gasteiger partial charge on any atom is 0.416 e. The van der Waals surface area contributed by atoms with Crippen LogP contribution in [0, 0.1) is 0 Å². The number of fused-ring (bicyclic) bond motifs is 1. The lowest BCUT2D eigenvalue weighted by Gasteiger charge is -2.20. The van der Waals surface area contributed by atoms with Gasteiger partial charge in [-0.2, -0.15) is 18.2 Å². The highest BCUT2D eigenvalue weighted by atomic mass is 32.2. The lowest BCUT2D eigenvalue weighted by Crippen LogP contribution is -2.26. The van der Waals surface area contributed by atoms with E-state index in [1.165, 1.54) is 55.4 Å². The highest BCUT2D eigenvalue weighted by molar-refractivity contribution is 7.89. The van der Waals surface area contributed by atoms with Crippen LogP contribution in [0.1, 0.15) is 27.0 Å². The van der Waals surface area contributed by atoms with Crippen LogP contribution < -0.4 is 4.90 Å². The van der Waals surface area contributed by atoms with E-state index in [-0.39, 0.29) is 28.5 Å². The molecular formula is C24H20F3N3O3S. The SMILES string of the molecule is CN(C)S(=O)(=O)c1cccc(C(=O)N=C2c3ccccc3CN2c2cccc(C(F)(F)F)c2)c1. The Morgan fingerprint density at radius 1 is 0.971 bits per heavy atom. The first-order valence-electron chi connectivity index (χ1n) is 10.2. The molecule has 0 N–H and O–H groups in total. The van der Waals surface area contributed by atoms with Gasteiger partial charge in [-0.1, -0.05) is 36.4 Å². The summed E-state index contributed by atoms with van der Waals surface area (Å²) in [4.78, 5) is 18.8. The molecule has 10 heteroatoms. The molecule has 0 bridgehead atoms. The molecule has 0 aliphatic carbocycles. The molecule has 0 atom stereocenters. The molecule has 0 unspecified atom stereocenters. The molecule has 0 saturated carbocycles. The van der Waals surface area contributed by atoms with E-state index < -0.39 is 27.7 Å². The molecule has 3 aromatic rings. The fraction of sp³-hybridized carbons (Fsp3) is 0.167. The van der Waals surface area contributed by atoms with Crippen molar-refractivity contribution in [1.82, 2.24) is 4.31 Å². The topological polar surface area (TPSA) is 70.0 Å². The number of hydrogen-bond donors (Lipinski definition) is 0. The number of aliphatic imine (C=N–C) groups is 1. The number of anilines is 1. The Kier molecular flexibility index (Phi) is 6.05. The van der Waals surface area contributed by atoms with Gasteiger partial charge in [-0.25, -0.2) is 12.7 Å². The van der Waals surface area contributed by atoms with Crippen molar-refractivity contribution in [1.29, 1.82) is 0 Å². The number of carbonyl (C=O) groups excluding carboxylic acids is 1. The maximum atomic E-state index is 13.3. The van der Waals surface area contributed by atoms with Crippen LogP contribution in [0.5, 0.6) is 0 Å². The number of rotatable bonds is 4. The number of hydrogen-bond acceptors (Lipinski definition) is 3. The average molecular weight is 488 g/mol. The third-order valence-corrected chi connectivity index (χ3v) is 7.21. The van der Waals surface area contributed by atoms with Crippen molar-refractivity contribution in [2.75, 3.05) is 19.0 Å². The van der Waals surface area contributed by atoms with Crippen LogP contribution >= 0.6 is 0 Å². The average Bonchev–Trinajstić information content (AvgIpc) is 3.17. The zero-order valence-electron chi connectivity index (χ0n) is 18.2. The minimum Gasteiger partial charge on any atom is -0.321 e. The van der Waals surface area contributed by atoms with E-state index in [9.17, 15) is 26.4 Å². The number of alkyl halides is 3. The van der Waals surface area contributed by atoms with Crippen LogP contribution in [0.25, 0.3) is 0 Å². The Labute approximate surface area is 195 Å². The van der Waals surface area contributed by atoms with Gasteiger partial charge in [0.25, 0.3) is 5.91 Å². The van der Waals surface area contributed by atoms with Gasteiger partial charge in [0.2, 0.25) is 10.0 Å². The predicted molar refractivity (Wildman–Crippen MR) is 122 cm³/mol. The molecule has 34 heavy (non-hydrogen) atoms. The van der Waals surface area contributed by atoms with Crippen molar-refractivity contribution in [2.45, 2.75) is 17.6 Å². The van der Waals surface area contributed by atoms with E-state index >= 15 is 0 Å². The fourth-order valence-electron chi connectivity index (χ4n) is 3.61. The van der Waals surface area contributed by atoms with Crippen molar-refractivity contribution in [3.8, 4) is 0 Å². The molecule has 176 valence electrons. The van der Waals surface area contributed by atoms with Gasteiger partial charge in [0.05, 0.1) is 17.0 Å². The largest absolute Gasteiger partial charge is 0.416 e. The first-order chi connectivity index (χ1) is 16.0. The number of benzene rings is 3. The molecule has 1 amide bonds. The molecular weight excluding hydrogens is 467 g/mol. The van der Waals surface area contributed by atoms with Gasteiger partial charge in [-0.05, 0) is 42.0 Å². The van der Waals surface area contributed by atoms with Gasteiger partial charge in [-0.15, -0.1) is 0 Å². The summed E-state index contributed by atoms with van der Waals surface area (Å²) in [6.45, 7) is 0.235. The Hall–Kier alpha value is -3.50. The van der Waals surface area contributed by atoms with Crippen LogP contribution in [0.15, 0.2) is 82.7 Å². The smallest absolute Gasteiger partial charge is 0.321 e. The zero-order chi connectivity index (χ0) is 24.7. The van der Waals surface area contributed by atoms with Gasteiger partial charge in [0.15, 0.2) is 0 Å². The number of amides is 1. The van der Waals surface area contributed by atoms with E-state index in [1.807, 2.05) is 6.07 Å². The summed E-state index contributed by atoms with van der Waals surface area (Å²) in [6.07, 6.45) is -4.52. The fourth-order valence-corrected chi connectivity index (χ4v) is 4.56. The van der Waals surface area contributed by atoms with Crippen LogP contribution in [0.2, 0.25) is 0 Å². The van der Waals surface area contributed by atoms with E-state index in [0.717, 1.165) is 22.0 Å². The molecule has 0 aromatic heterocycles. The maximum absolute atomic E-state index is 13.3. The molecule has 1 heterocycles. The third kappa shape index (κ3) is 4.46. The molecule has 0 radical (unpaired) electrons. The Balaban J connectivity index is 1.78. The lowest BCUT2D eigenvalue weighted by molar-refractivity contribution is -0.137. The first-order valence-corrected chi connectivity index (χ1v) is 11.6. The van der Waals surface area contributed by atoms with Crippen LogP contribution in [0.4, 0.5) is 18.9 Å². The van der Waals surface area contributed by atoms with Gasteiger partial charge in [-0.3, -0.25) is 4.79 Å². The van der Waals surface area contributed by atoms with Crippen molar-refractivity contribution < 1.29 is 26.4 Å². The number of carbonyl (C=O) groups is 1. The molecule has 3 aromatic carbocycles. The summed E-state index contributed by atoms with van der Waals surface area (Å²) in [5.74, 6) is -0.514. The molecule has 1 aliphatic rings. The quantitative estimate of drug-likeness (QED) is 0.541. The summed E-state index contributed by atoms with van der Waals surface area (Å²) in [7, 11) is -1.00. The summed E-state index contributed by atoms with van der Waals surface area (Å²) < 4.78 is 65.8. The van der Waals surface area contributed by atoms with Gasteiger partial charge in [0, 0.05) is 30.9 Å². The van der Waals surface area contributed by atoms with Crippen LogP contribution in [-0.2, 0) is 22.7 Å². The predicted octanol–water partition coefficient (Wildman–Crippen LogP) is 4.56. The Morgan fingerprint density at radius 2 is 1.68 bits per heavy atom. The third-order valence-electron chi connectivity index (χ3n) is 5.39. The summed E-state index contributed by atoms with van der Waals surface area (Å²) in [5.41, 5.74) is 0.888. The second kappa shape index (κ2) is 8.69. The standard InChI is InChI=1S/C24H20F3N3O3S/c1-29(2)34(32,33)20-11-5-8-16(13-20)23(31)28-22-21-12-4-3-7-17(21)15-30(22)19-10-6-9-18(14-19)24(25,26)27/h3-14H,15H2,1-2H3. The highest BCUT2D eigenvalue weighted by Crippen LogP contribution is 2.35. The van der Waals surface area contributed by atoms with E-state index in [1.54, 1.807) is 18.2 Å². The van der Waals surface area contributed by atoms with Crippen molar-refractivity contribution in [3.63, 3.8) is 0 Å². The second-order valence-electron chi connectivity index (χ2n) is 7.85. The monoisotopic (exact) mass is 487 g/mol. The van der Waals surface area contributed by atoms with Crippen molar-refractivity contribution >= 4 is 27.5 Å². The molecule has 0 spiro atoms. The first kappa shape index (κ1) is 23.7. The highest BCUT2D eigenvalue weighted by Gasteiger charge is 2.33. The molecule has 1 aliphatic heterocycles. The number of sulfonamides is 1. The Morgan fingerprint density at radius 3 is 2.38 bits per heavy atom. The normalized spacial score (nSPS) is 15.1. The summed E-state index contributed by atoms with van der Waals surface area (Å²) >= 11 is 0. The van der Waals surface area contributed by atoms with Crippen LogP contribution in [0.3, 0.4) is 0 Å². The summed E-state index contributed by atoms with van der Waals surface area (Å²) in [5, 5.41) is 0. The van der Waals surface area contributed by atoms with E-state index in [0.29, 0.717) is 5.56 Å². The van der Waals surface area contributed by atoms with Crippen molar-refractivity contribution in [3.05, 3.63) is 95.1 Å². The molecule has 6 nitrogen and oxygen atoms in total. The number of nitrogens with zero attached hydrogens (tertiary/aromatic N) is 3. The number of amidine groups is 1. The van der Waals surface area contributed by atoms with Crippen LogP contribution in [-0.4, -0.2) is 38.6 Å². The van der Waals surface area contributed by atoms with Gasteiger partial charge >= 0.3 is 6.18 Å². The van der Waals surface area contributed by atoms with Gasteiger partial charge < -0.3 is 4.90 Å². The second-order valence-corrected chi connectivity index (χ2v) is 10.00. The Bertz CT molecular complexity index is 1400.